The van der Waals surface area contributed by atoms with Crippen molar-refractivity contribution in [2.45, 2.75) is 77.2 Å². The lowest BCUT2D eigenvalue weighted by molar-refractivity contribution is -0.132. The minimum atomic E-state index is -0.690. The highest BCUT2D eigenvalue weighted by Gasteiger charge is 2.30. The van der Waals surface area contributed by atoms with Crippen molar-refractivity contribution in [1.82, 2.24) is 0 Å². The summed E-state index contributed by atoms with van der Waals surface area (Å²) in [6.07, 6.45) is -1.26. The summed E-state index contributed by atoms with van der Waals surface area (Å²) in [7, 11) is 0. The molecule has 0 spiro atoms. The van der Waals surface area contributed by atoms with Crippen molar-refractivity contribution in [1.29, 1.82) is 0 Å². The third-order valence-electron chi connectivity index (χ3n) is 4.29. The molecule has 2 saturated heterocycles. The van der Waals surface area contributed by atoms with Gasteiger partial charge in [0.15, 0.2) is 0 Å². The largest absolute Gasteiger partial charge is 0.390 e. The zero-order valence-electron chi connectivity index (χ0n) is 14.1. The first-order chi connectivity index (χ1) is 10.2. The normalized spacial score (nSPS) is 39.5. The van der Waals surface area contributed by atoms with Gasteiger partial charge >= 0.3 is 0 Å². The first-order valence-electron chi connectivity index (χ1n) is 8.17. The molecule has 6 heteroatoms. The highest BCUT2D eigenvalue weighted by Crippen LogP contribution is 2.21. The van der Waals surface area contributed by atoms with E-state index in [-0.39, 0.29) is 25.4 Å². The van der Waals surface area contributed by atoms with Gasteiger partial charge in [-0.05, 0) is 11.8 Å². The standard InChI is InChI=1S/2C8H16O3/c2*1-5(2)8-3-6(9)7(10)4-11-8/h2*5-10H,3-4H2,1-2H3/t6-,7+,8-;6-,7-,8-/m11/s1. The summed E-state index contributed by atoms with van der Waals surface area (Å²) >= 11 is 0. The molecule has 2 fully saturated rings. The van der Waals surface area contributed by atoms with Crippen LogP contribution in [-0.2, 0) is 9.47 Å². The van der Waals surface area contributed by atoms with Gasteiger partial charge in [-0.25, -0.2) is 0 Å². The van der Waals surface area contributed by atoms with Crippen molar-refractivity contribution in [3.63, 3.8) is 0 Å². The number of aliphatic hydroxyl groups excluding tert-OH is 4. The molecule has 2 aliphatic heterocycles. The Kier molecular flexibility index (Phi) is 8.24. The van der Waals surface area contributed by atoms with Gasteiger partial charge in [0, 0.05) is 12.8 Å². The second-order valence-corrected chi connectivity index (χ2v) is 6.97. The van der Waals surface area contributed by atoms with E-state index in [1.54, 1.807) is 0 Å². The maximum absolute atomic E-state index is 9.27. The lowest BCUT2D eigenvalue weighted by Gasteiger charge is -2.32. The predicted molar refractivity (Wildman–Crippen MR) is 82.4 cm³/mol. The van der Waals surface area contributed by atoms with Crippen LogP contribution < -0.4 is 0 Å². The summed E-state index contributed by atoms with van der Waals surface area (Å²) in [5.74, 6) is 0.828. The van der Waals surface area contributed by atoms with Crippen LogP contribution >= 0.6 is 0 Å². The van der Waals surface area contributed by atoms with Crippen molar-refractivity contribution in [3.05, 3.63) is 0 Å². The van der Waals surface area contributed by atoms with Crippen LogP contribution in [0.5, 0.6) is 0 Å². The van der Waals surface area contributed by atoms with E-state index < -0.39 is 24.4 Å². The van der Waals surface area contributed by atoms with Crippen LogP contribution in [0.15, 0.2) is 0 Å². The van der Waals surface area contributed by atoms with Crippen molar-refractivity contribution >= 4 is 0 Å². The molecule has 2 aliphatic rings. The molecule has 0 radical (unpaired) electrons. The molecular weight excluding hydrogens is 288 g/mol. The summed E-state index contributed by atoms with van der Waals surface area (Å²) in [5.41, 5.74) is 0. The van der Waals surface area contributed by atoms with E-state index in [0.717, 1.165) is 0 Å². The summed E-state index contributed by atoms with van der Waals surface area (Å²) in [6.45, 7) is 8.74. The Morgan fingerprint density at radius 2 is 0.955 bits per heavy atom. The van der Waals surface area contributed by atoms with E-state index in [4.69, 9.17) is 19.7 Å². The van der Waals surface area contributed by atoms with Gasteiger partial charge in [0.25, 0.3) is 0 Å². The van der Waals surface area contributed by atoms with Gasteiger partial charge in [0.05, 0.1) is 37.6 Å². The molecule has 6 nitrogen and oxygen atoms in total. The highest BCUT2D eigenvalue weighted by atomic mass is 16.5. The molecule has 2 rings (SSSR count). The summed E-state index contributed by atoms with van der Waals surface area (Å²) < 4.78 is 10.6. The Bertz CT molecular complexity index is 279. The zero-order valence-corrected chi connectivity index (χ0v) is 14.1. The van der Waals surface area contributed by atoms with Crippen LogP contribution in [0.4, 0.5) is 0 Å². The van der Waals surface area contributed by atoms with Crippen molar-refractivity contribution in [2.24, 2.45) is 11.8 Å². The van der Waals surface area contributed by atoms with Gasteiger partial charge in [-0.2, -0.15) is 0 Å². The Balaban J connectivity index is 0.000000220. The van der Waals surface area contributed by atoms with Crippen LogP contribution in [-0.4, -0.2) is 70.3 Å². The SMILES string of the molecule is CC(C)[C@H]1C[C@@H](O)[C@@H](O)CO1.CC(C)[C@H]1C[C@@H](O)[C@H](O)CO1. The van der Waals surface area contributed by atoms with E-state index in [1.165, 1.54) is 0 Å². The van der Waals surface area contributed by atoms with Gasteiger partial charge in [-0.1, -0.05) is 27.7 Å². The second-order valence-electron chi connectivity index (χ2n) is 6.97. The number of ether oxygens (including phenoxy) is 2. The van der Waals surface area contributed by atoms with Gasteiger partial charge in [-0.3, -0.25) is 0 Å². The summed E-state index contributed by atoms with van der Waals surface area (Å²) in [4.78, 5) is 0. The molecule has 0 unspecified atom stereocenters. The quantitative estimate of drug-likeness (QED) is 0.584. The molecule has 0 bridgehead atoms. The monoisotopic (exact) mass is 320 g/mol. The Morgan fingerprint density at radius 1 is 0.636 bits per heavy atom. The molecule has 0 aromatic rings. The summed E-state index contributed by atoms with van der Waals surface area (Å²) in [5, 5.41) is 36.7. The topological polar surface area (TPSA) is 99.4 Å². The van der Waals surface area contributed by atoms with Crippen LogP contribution in [0.1, 0.15) is 40.5 Å². The minimum absolute atomic E-state index is 0.105. The second kappa shape index (κ2) is 9.15. The number of hydrogen-bond donors (Lipinski definition) is 4. The fourth-order valence-corrected chi connectivity index (χ4v) is 2.52. The Morgan fingerprint density at radius 3 is 1.18 bits per heavy atom. The van der Waals surface area contributed by atoms with E-state index in [0.29, 0.717) is 24.7 Å². The zero-order chi connectivity index (χ0) is 16.9. The number of hydrogen-bond acceptors (Lipinski definition) is 6. The molecule has 2 heterocycles. The van der Waals surface area contributed by atoms with Gasteiger partial charge in [0.2, 0.25) is 0 Å². The molecule has 0 amide bonds. The van der Waals surface area contributed by atoms with Gasteiger partial charge in [0.1, 0.15) is 12.2 Å². The average Bonchev–Trinajstić information content (AvgIpc) is 2.45. The van der Waals surface area contributed by atoms with Crippen molar-refractivity contribution in [3.8, 4) is 0 Å². The van der Waals surface area contributed by atoms with Crippen molar-refractivity contribution < 1.29 is 29.9 Å². The van der Waals surface area contributed by atoms with E-state index in [9.17, 15) is 10.2 Å². The number of aliphatic hydroxyl groups is 4. The maximum Gasteiger partial charge on any atom is 0.103 e. The third kappa shape index (κ3) is 6.10. The van der Waals surface area contributed by atoms with Crippen LogP contribution in [0.3, 0.4) is 0 Å². The van der Waals surface area contributed by atoms with Gasteiger partial charge in [-0.15, -0.1) is 0 Å². The molecular formula is C16H32O6. The highest BCUT2D eigenvalue weighted by molar-refractivity contribution is 4.79. The van der Waals surface area contributed by atoms with Crippen LogP contribution in [0.2, 0.25) is 0 Å². The van der Waals surface area contributed by atoms with Gasteiger partial charge < -0.3 is 29.9 Å². The average molecular weight is 320 g/mol. The van der Waals surface area contributed by atoms with E-state index >= 15 is 0 Å². The van der Waals surface area contributed by atoms with Crippen LogP contribution in [0, 0.1) is 11.8 Å². The predicted octanol–water partition coefficient (Wildman–Crippen LogP) is 0.306. The molecule has 132 valence electrons. The first kappa shape index (κ1) is 19.8. The molecule has 4 N–H and O–H groups in total. The fourth-order valence-electron chi connectivity index (χ4n) is 2.52. The van der Waals surface area contributed by atoms with E-state index in [2.05, 4.69) is 27.7 Å². The molecule has 0 aromatic carbocycles. The first-order valence-corrected chi connectivity index (χ1v) is 8.17. The number of rotatable bonds is 2. The van der Waals surface area contributed by atoms with Crippen molar-refractivity contribution in [2.75, 3.05) is 13.2 Å². The third-order valence-corrected chi connectivity index (χ3v) is 4.29. The lowest BCUT2D eigenvalue weighted by Crippen LogP contribution is -2.42. The smallest absolute Gasteiger partial charge is 0.103 e. The molecule has 0 aromatic heterocycles. The Hall–Kier alpha value is -0.240. The molecule has 0 saturated carbocycles. The molecule has 22 heavy (non-hydrogen) atoms. The summed E-state index contributed by atoms with van der Waals surface area (Å²) in [6, 6.07) is 0. The van der Waals surface area contributed by atoms with Crippen LogP contribution in [0.25, 0.3) is 0 Å². The lowest BCUT2D eigenvalue weighted by atomic mass is 9.96. The van der Waals surface area contributed by atoms with E-state index in [1.807, 2.05) is 0 Å². The fraction of sp³-hybridized carbons (Fsp3) is 1.00. The molecule has 6 atom stereocenters. The maximum atomic E-state index is 9.27. The Labute approximate surface area is 133 Å². The molecule has 0 aliphatic carbocycles. The minimum Gasteiger partial charge on any atom is -0.390 e.